The molecule has 2 heterocycles. The zero-order valence-corrected chi connectivity index (χ0v) is 17.8. The lowest BCUT2D eigenvalue weighted by molar-refractivity contribution is -0.131. The van der Waals surface area contributed by atoms with Crippen LogP contribution in [0.5, 0.6) is 5.75 Å². The fourth-order valence-electron chi connectivity index (χ4n) is 4.54. The smallest absolute Gasteiger partial charge is 0.225 e. The molecule has 0 aliphatic carbocycles. The summed E-state index contributed by atoms with van der Waals surface area (Å²) < 4.78 is 5.25. The van der Waals surface area contributed by atoms with Gasteiger partial charge in [0.25, 0.3) is 0 Å². The van der Waals surface area contributed by atoms with Crippen molar-refractivity contribution in [1.82, 2.24) is 14.9 Å². The Kier molecular flexibility index (Phi) is 6.28. The van der Waals surface area contributed by atoms with Crippen LogP contribution in [0.15, 0.2) is 67.3 Å². The van der Waals surface area contributed by atoms with Gasteiger partial charge in [-0.1, -0.05) is 36.4 Å². The molecule has 3 aromatic rings. The third-order valence-electron chi connectivity index (χ3n) is 6.16. The third-order valence-corrected chi connectivity index (χ3v) is 6.16. The molecule has 1 atom stereocenters. The van der Waals surface area contributed by atoms with Crippen LogP contribution >= 0.6 is 0 Å². The van der Waals surface area contributed by atoms with Crippen LogP contribution in [0.2, 0.25) is 0 Å². The third kappa shape index (κ3) is 4.75. The molecular formula is C25H28N4O2. The molecule has 4 rings (SSSR count). The van der Waals surface area contributed by atoms with Crippen LogP contribution in [0.25, 0.3) is 11.1 Å². The summed E-state index contributed by atoms with van der Waals surface area (Å²) >= 11 is 0. The molecule has 0 saturated carbocycles. The first-order valence-corrected chi connectivity index (χ1v) is 10.6. The van der Waals surface area contributed by atoms with Gasteiger partial charge in [-0.25, -0.2) is 9.97 Å². The number of carbonyl (C=O) groups excluding carboxylic acids is 1. The summed E-state index contributed by atoms with van der Waals surface area (Å²) in [5.74, 6) is 0.612. The van der Waals surface area contributed by atoms with Crippen molar-refractivity contribution < 1.29 is 9.53 Å². The van der Waals surface area contributed by atoms with Crippen molar-refractivity contribution >= 4 is 5.91 Å². The van der Waals surface area contributed by atoms with E-state index < -0.39 is 5.41 Å². The number of amides is 1. The number of nitrogens with zero attached hydrogens (tertiary/aromatic N) is 3. The second-order valence-electron chi connectivity index (χ2n) is 8.27. The van der Waals surface area contributed by atoms with Crippen molar-refractivity contribution in [2.75, 3.05) is 20.2 Å². The molecule has 1 amide bonds. The minimum atomic E-state index is -0.601. The van der Waals surface area contributed by atoms with E-state index in [1.165, 1.54) is 11.9 Å². The molecule has 2 aromatic carbocycles. The molecule has 6 heteroatoms. The number of ether oxygens (including phenoxy) is 1. The zero-order valence-electron chi connectivity index (χ0n) is 17.8. The number of nitrogens with two attached hydrogens (primary N) is 1. The van der Waals surface area contributed by atoms with Crippen LogP contribution in [-0.4, -0.2) is 41.0 Å². The molecule has 2 N–H and O–H groups in total. The van der Waals surface area contributed by atoms with E-state index >= 15 is 0 Å². The Morgan fingerprint density at radius 2 is 1.87 bits per heavy atom. The van der Waals surface area contributed by atoms with E-state index in [-0.39, 0.29) is 5.91 Å². The molecule has 31 heavy (non-hydrogen) atoms. The van der Waals surface area contributed by atoms with Gasteiger partial charge in [0.05, 0.1) is 12.5 Å². The van der Waals surface area contributed by atoms with E-state index in [0.29, 0.717) is 13.0 Å². The Morgan fingerprint density at radius 3 is 2.58 bits per heavy atom. The number of rotatable bonds is 7. The number of aromatic nitrogens is 2. The number of piperidine rings is 1. The predicted molar refractivity (Wildman–Crippen MR) is 120 cm³/mol. The second kappa shape index (κ2) is 9.27. The van der Waals surface area contributed by atoms with E-state index in [9.17, 15) is 4.79 Å². The number of hydrogen-bond donors (Lipinski definition) is 1. The Morgan fingerprint density at radius 1 is 1.13 bits per heavy atom. The van der Waals surface area contributed by atoms with Gasteiger partial charge < -0.3 is 10.5 Å². The van der Waals surface area contributed by atoms with Gasteiger partial charge in [0.1, 0.15) is 12.1 Å². The first-order valence-electron chi connectivity index (χ1n) is 10.6. The van der Waals surface area contributed by atoms with E-state index in [4.69, 9.17) is 10.5 Å². The molecule has 1 aliphatic heterocycles. The van der Waals surface area contributed by atoms with Crippen molar-refractivity contribution in [1.29, 1.82) is 0 Å². The summed E-state index contributed by atoms with van der Waals surface area (Å²) in [6.45, 7) is 2.39. The Labute approximate surface area is 183 Å². The van der Waals surface area contributed by atoms with Gasteiger partial charge in [-0.2, -0.15) is 0 Å². The lowest BCUT2D eigenvalue weighted by Crippen LogP contribution is -2.51. The number of benzene rings is 2. The van der Waals surface area contributed by atoms with Crippen molar-refractivity contribution in [2.45, 2.75) is 25.8 Å². The average molecular weight is 417 g/mol. The predicted octanol–water partition coefficient (Wildman–Crippen LogP) is 3.46. The molecule has 0 radical (unpaired) electrons. The highest BCUT2D eigenvalue weighted by Crippen LogP contribution is 2.37. The van der Waals surface area contributed by atoms with Crippen molar-refractivity contribution in [3.05, 3.63) is 78.4 Å². The van der Waals surface area contributed by atoms with Crippen LogP contribution in [-0.2, 0) is 17.8 Å². The highest BCUT2D eigenvalue weighted by Gasteiger charge is 2.41. The molecule has 6 nitrogen and oxygen atoms in total. The van der Waals surface area contributed by atoms with E-state index in [2.05, 4.69) is 39.1 Å². The minimum absolute atomic E-state index is 0.231. The Bertz CT molecular complexity index is 1020. The molecule has 1 aliphatic rings. The van der Waals surface area contributed by atoms with Gasteiger partial charge in [-0.3, -0.25) is 9.69 Å². The monoisotopic (exact) mass is 416 g/mol. The normalized spacial score (nSPS) is 19.1. The van der Waals surface area contributed by atoms with Gasteiger partial charge in [0, 0.05) is 31.0 Å². The van der Waals surface area contributed by atoms with E-state index in [1.54, 1.807) is 19.5 Å². The largest absolute Gasteiger partial charge is 0.497 e. The maximum Gasteiger partial charge on any atom is 0.225 e. The standard InChI is InChI=1S/C25H28N4O2/c1-31-22-9-7-19(8-10-22)16-29-12-4-11-25(17-29,24(26)30)13-20-5-2-3-6-23(20)21-14-27-18-28-15-21/h2-3,5-10,14-15,18H,4,11-13,16-17H2,1H3,(H2,26,30). The molecule has 1 fully saturated rings. The van der Waals surface area contributed by atoms with Crippen molar-refractivity contribution in [3.8, 4) is 16.9 Å². The van der Waals surface area contributed by atoms with Crippen molar-refractivity contribution in [2.24, 2.45) is 11.1 Å². The molecule has 0 spiro atoms. The van der Waals surface area contributed by atoms with Gasteiger partial charge in [-0.15, -0.1) is 0 Å². The molecule has 1 aromatic heterocycles. The molecule has 1 unspecified atom stereocenters. The number of likely N-dealkylation sites (tertiary alicyclic amines) is 1. The van der Waals surface area contributed by atoms with Crippen LogP contribution in [0.4, 0.5) is 0 Å². The SMILES string of the molecule is COc1ccc(CN2CCCC(Cc3ccccc3-c3cncnc3)(C(N)=O)C2)cc1. The van der Waals surface area contributed by atoms with E-state index in [1.807, 2.05) is 24.3 Å². The lowest BCUT2D eigenvalue weighted by atomic mass is 9.73. The topological polar surface area (TPSA) is 81.3 Å². The van der Waals surface area contributed by atoms with Crippen molar-refractivity contribution in [3.63, 3.8) is 0 Å². The molecule has 1 saturated heterocycles. The summed E-state index contributed by atoms with van der Waals surface area (Å²) in [5.41, 5.74) is 9.72. The number of primary amides is 1. The Hall–Kier alpha value is -3.25. The molecule has 160 valence electrons. The summed E-state index contributed by atoms with van der Waals surface area (Å²) in [4.78, 5) is 23.4. The Balaban J connectivity index is 1.57. The average Bonchev–Trinajstić information content (AvgIpc) is 2.81. The number of hydrogen-bond acceptors (Lipinski definition) is 5. The highest BCUT2D eigenvalue weighted by molar-refractivity contribution is 5.82. The highest BCUT2D eigenvalue weighted by atomic mass is 16.5. The first-order chi connectivity index (χ1) is 15.1. The lowest BCUT2D eigenvalue weighted by Gasteiger charge is -2.41. The molecule has 0 bridgehead atoms. The van der Waals surface area contributed by atoms with Gasteiger partial charge in [0.15, 0.2) is 0 Å². The summed E-state index contributed by atoms with van der Waals surface area (Å²) in [7, 11) is 1.67. The van der Waals surface area contributed by atoms with Gasteiger partial charge >= 0.3 is 0 Å². The van der Waals surface area contributed by atoms with Gasteiger partial charge in [0.2, 0.25) is 5.91 Å². The summed E-state index contributed by atoms with van der Waals surface area (Å²) in [6, 6.07) is 16.2. The zero-order chi connectivity index (χ0) is 21.7. The maximum absolute atomic E-state index is 12.8. The van der Waals surface area contributed by atoms with E-state index in [0.717, 1.165) is 48.4 Å². The molecular weight excluding hydrogens is 388 g/mol. The summed E-state index contributed by atoms with van der Waals surface area (Å²) in [5, 5.41) is 0. The number of methoxy groups -OCH3 is 1. The maximum atomic E-state index is 12.8. The quantitative estimate of drug-likeness (QED) is 0.638. The fourth-order valence-corrected chi connectivity index (χ4v) is 4.54. The van der Waals surface area contributed by atoms with Crippen LogP contribution < -0.4 is 10.5 Å². The second-order valence-corrected chi connectivity index (χ2v) is 8.27. The fraction of sp³-hybridized carbons (Fsp3) is 0.320. The minimum Gasteiger partial charge on any atom is -0.497 e. The van der Waals surface area contributed by atoms with Crippen LogP contribution in [0.1, 0.15) is 24.0 Å². The summed E-state index contributed by atoms with van der Waals surface area (Å²) in [6.07, 6.45) is 7.47. The van der Waals surface area contributed by atoms with Crippen LogP contribution in [0, 0.1) is 5.41 Å². The van der Waals surface area contributed by atoms with Gasteiger partial charge in [-0.05, 0) is 54.6 Å². The number of carbonyl (C=O) groups is 1. The first kappa shape index (κ1) is 21.0. The van der Waals surface area contributed by atoms with Crippen LogP contribution in [0.3, 0.4) is 0 Å².